The fourth-order valence-electron chi connectivity index (χ4n) is 2.85. The Morgan fingerprint density at radius 1 is 1.42 bits per heavy atom. The number of rotatable bonds is 5. The molecule has 1 aromatic carbocycles. The normalized spacial score (nSPS) is 16.2. The second kappa shape index (κ2) is 8.07. The Balaban J connectivity index is 1.97. The van der Waals surface area contributed by atoms with Gasteiger partial charge in [-0.05, 0) is 31.0 Å². The van der Waals surface area contributed by atoms with Crippen molar-refractivity contribution in [1.29, 1.82) is 0 Å². The maximum absolute atomic E-state index is 13.4. The van der Waals surface area contributed by atoms with E-state index >= 15 is 0 Å². The summed E-state index contributed by atoms with van der Waals surface area (Å²) in [4.78, 5) is 18.7. The van der Waals surface area contributed by atoms with Crippen LogP contribution in [0.1, 0.15) is 35.0 Å². The number of aliphatic hydroxyl groups excluding tert-OH is 1. The zero-order valence-corrected chi connectivity index (χ0v) is 15.8. The van der Waals surface area contributed by atoms with Gasteiger partial charge in [-0.15, -0.1) is 0 Å². The van der Waals surface area contributed by atoms with Gasteiger partial charge in [-0.2, -0.15) is 0 Å². The van der Waals surface area contributed by atoms with Gasteiger partial charge in [-0.3, -0.25) is 9.83 Å². The number of aliphatic hydroxyl groups is 1. The molecule has 0 spiro atoms. The fraction of sp³-hybridized carbons (Fsp3) is 0.353. The lowest BCUT2D eigenvalue weighted by molar-refractivity contribution is 0.0721. The number of nitrogens with two attached hydrogens (primary N) is 1. The Kier molecular flexibility index (Phi) is 5.80. The van der Waals surface area contributed by atoms with E-state index < -0.39 is 0 Å². The summed E-state index contributed by atoms with van der Waals surface area (Å²) < 4.78 is 14.1. The molecule has 0 radical (unpaired) electrons. The van der Waals surface area contributed by atoms with Gasteiger partial charge in [-0.1, -0.05) is 22.0 Å². The summed E-state index contributed by atoms with van der Waals surface area (Å²) in [6.45, 7) is 2.19. The SMILES string of the molecule is Cc1nc(N)nc2c1C(NOCCCO)=N[C@@H](c1ccc(F)cc1Br)C2. The average Bonchev–Trinajstić information content (AvgIpc) is 2.57. The van der Waals surface area contributed by atoms with Crippen molar-refractivity contribution in [3.05, 3.63) is 51.0 Å². The molecule has 1 atom stereocenters. The van der Waals surface area contributed by atoms with E-state index in [1.165, 1.54) is 12.1 Å². The summed E-state index contributed by atoms with van der Waals surface area (Å²) in [6.07, 6.45) is 1.01. The third-order valence-electron chi connectivity index (χ3n) is 3.99. The minimum absolute atomic E-state index is 0.0363. The van der Waals surface area contributed by atoms with Crippen LogP contribution in [0.15, 0.2) is 27.7 Å². The Morgan fingerprint density at radius 2 is 2.23 bits per heavy atom. The number of benzene rings is 1. The average molecular weight is 424 g/mol. The Bertz CT molecular complexity index is 846. The molecule has 0 fully saturated rings. The summed E-state index contributed by atoms with van der Waals surface area (Å²) in [7, 11) is 0. The Morgan fingerprint density at radius 3 is 2.96 bits per heavy atom. The fourth-order valence-corrected chi connectivity index (χ4v) is 3.46. The number of hydroxylamine groups is 1. The molecule has 2 heterocycles. The minimum Gasteiger partial charge on any atom is -0.396 e. The number of hydrogen-bond acceptors (Lipinski definition) is 7. The predicted octanol–water partition coefficient (Wildman–Crippen LogP) is 2.22. The van der Waals surface area contributed by atoms with Crippen LogP contribution in [0.4, 0.5) is 10.3 Å². The number of nitrogens with one attached hydrogen (secondary N) is 1. The van der Waals surface area contributed by atoms with Gasteiger partial charge in [0, 0.05) is 17.5 Å². The molecule has 26 heavy (non-hydrogen) atoms. The molecule has 0 saturated carbocycles. The third-order valence-corrected chi connectivity index (χ3v) is 4.67. The van der Waals surface area contributed by atoms with E-state index in [0.29, 0.717) is 35.5 Å². The molecule has 1 aliphatic rings. The molecule has 0 unspecified atom stereocenters. The van der Waals surface area contributed by atoms with Crippen LogP contribution in [-0.2, 0) is 11.3 Å². The van der Waals surface area contributed by atoms with Crippen LogP contribution in [-0.4, -0.2) is 34.1 Å². The highest BCUT2D eigenvalue weighted by Crippen LogP contribution is 2.34. The topological polar surface area (TPSA) is 106 Å². The van der Waals surface area contributed by atoms with E-state index in [-0.39, 0.29) is 24.4 Å². The van der Waals surface area contributed by atoms with Crippen molar-refractivity contribution in [2.45, 2.75) is 25.8 Å². The molecule has 0 bridgehead atoms. The van der Waals surface area contributed by atoms with Crippen LogP contribution < -0.4 is 11.2 Å². The number of anilines is 1. The molecule has 7 nitrogen and oxygen atoms in total. The van der Waals surface area contributed by atoms with Crippen molar-refractivity contribution in [1.82, 2.24) is 15.4 Å². The standard InChI is InChI=1S/C17H19BrFN5O2/c1-9-15-14(23-17(20)21-9)8-13(11-4-3-10(19)7-12(11)18)22-16(15)24-26-6-2-5-25/h3-4,7,13,25H,2,5-6,8H2,1H3,(H,22,24)(H2,20,21,23)/t13-/m1/s1. The third kappa shape index (κ3) is 4.00. The number of nitrogens with zero attached hydrogens (tertiary/aromatic N) is 3. The van der Waals surface area contributed by atoms with Crippen LogP contribution in [0, 0.1) is 12.7 Å². The molecule has 1 aromatic heterocycles. The quantitative estimate of drug-likeness (QED) is 0.502. The van der Waals surface area contributed by atoms with Gasteiger partial charge in [0.15, 0.2) is 5.84 Å². The second-order valence-corrected chi connectivity index (χ2v) is 6.73. The van der Waals surface area contributed by atoms with Crippen molar-refractivity contribution in [3.63, 3.8) is 0 Å². The molecule has 4 N–H and O–H groups in total. The van der Waals surface area contributed by atoms with Gasteiger partial charge >= 0.3 is 0 Å². The van der Waals surface area contributed by atoms with Gasteiger partial charge in [0.25, 0.3) is 0 Å². The van der Waals surface area contributed by atoms with E-state index in [2.05, 4.69) is 31.4 Å². The highest BCUT2D eigenvalue weighted by atomic mass is 79.9. The van der Waals surface area contributed by atoms with Gasteiger partial charge < -0.3 is 10.8 Å². The smallest absolute Gasteiger partial charge is 0.220 e. The van der Waals surface area contributed by atoms with Gasteiger partial charge in [-0.25, -0.2) is 19.8 Å². The number of aliphatic imine (C=N–C) groups is 1. The van der Waals surface area contributed by atoms with Crippen molar-refractivity contribution in [3.8, 4) is 0 Å². The zero-order chi connectivity index (χ0) is 18.7. The highest BCUT2D eigenvalue weighted by molar-refractivity contribution is 9.10. The summed E-state index contributed by atoms with van der Waals surface area (Å²) in [5.41, 5.74) is 11.7. The van der Waals surface area contributed by atoms with Crippen molar-refractivity contribution in [2.24, 2.45) is 4.99 Å². The summed E-state index contributed by atoms with van der Waals surface area (Å²) in [6, 6.07) is 4.22. The first-order chi connectivity index (χ1) is 12.5. The molecule has 1 aliphatic heterocycles. The molecule has 0 aliphatic carbocycles. The lowest BCUT2D eigenvalue weighted by Gasteiger charge is -2.25. The largest absolute Gasteiger partial charge is 0.396 e. The van der Waals surface area contributed by atoms with Crippen LogP contribution in [0.3, 0.4) is 0 Å². The number of fused-ring (bicyclic) bond motifs is 1. The minimum atomic E-state index is -0.325. The maximum atomic E-state index is 13.4. The van der Waals surface area contributed by atoms with E-state index in [9.17, 15) is 4.39 Å². The molecule has 138 valence electrons. The number of amidine groups is 1. The first kappa shape index (κ1) is 18.7. The second-order valence-electron chi connectivity index (χ2n) is 5.88. The number of nitrogen functional groups attached to an aromatic ring is 1. The molecule has 2 aromatic rings. The molecular weight excluding hydrogens is 405 g/mol. The first-order valence-electron chi connectivity index (χ1n) is 8.14. The Hall–Kier alpha value is -2.10. The van der Waals surface area contributed by atoms with E-state index in [4.69, 9.17) is 20.7 Å². The molecule has 3 rings (SSSR count). The number of aromatic nitrogens is 2. The molecular formula is C17H19BrFN5O2. The van der Waals surface area contributed by atoms with Gasteiger partial charge in [0.2, 0.25) is 5.95 Å². The predicted molar refractivity (Wildman–Crippen MR) is 99.1 cm³/mol. The van der Waals surface area contributed by atoms with Gasteiger partial charge in [0.05, 0.1) is 29.6 Å². The maximum Gasteiger partial charge on any atom is 0.220 e. The van der Waals surface area contributed by atoms with Crippen LogP contribution in [0.25, 0.3) is 0 Å². The number of aryl methyl sites for hydroxylation is 1. The van der Waals surface area contributed by atoms with Crippen LogP contribution in [0.2, 0.25) is 0 Å². The monoisotopic (exact) mass is 423 g/mol. The summed E-state index contributed by atoms with van der Waals surface area (Å²) in [5, 5.41) is 8.87. The lowest BCUT2D eigenvalue weighted by Crippen LogP contribution is -2.32. The molecule has 0 amide bonds. The van der Waals surface area contributed by atoms with E-state index in [1.54, 1.807) is 6.07 Å². The zero-order valence-electron chi connectivity index (χ0n) is 14.2. The lowest BCUT2D eigenvalue weighted by atomic mass is 9.95. The van der Waals surface area contributed by atoms with Crippen LogP contribution >= 0.6 is 15.9 Å². The Labute approximate surface area is 158 Å². The van der Waals surface area contributed by atoms with Crippen LogP contribution in [0.5, 0.6) is 0 Å². The van der Waals surface area contributed by atoms with Crippen molar-refractivity contribution >= 4 is 27.7 Å². The number of halogens is 2. The molecule has 0 saturated heterocycles. The summed E-state index contributed by atoms with van der Waals surface area (Å²) in [5.74, 6) is 0.359. The summed E-state index contributed by atoms with van der Waals surface area (Å²) >= 11 is 3.40. The molecule has 9 heteroatoms. The van der Waals surface area contributed by atoms with E-state index in [1.807, 2.05) is 6.92 Å². The van der Waals surface area contributed by atoms with Crippen molar-refractivity contribution in [2.75, 3.05) is 18.9 Å². The van der Waals surface area contributed by atoms with Gasteiger partial charge in [0.1, 0.15) is 5.82 Å². The highest BCUT2D eigenvalue weighted by Gasteiger charge is 2.27. The first-order valence-corrected chi connectivity index (χ1v) is 8.93. The van der Waals surface area contributed by atoms with Crippen molar-refractivity contribution < 1.29 is 14.3 Å². The van der Waals surface area contributed by atoms with E-state index in [0.717, 1.165) is 16.8 Å². The number of hydrogen-bond donors (Lipinski definition) is 3.